The molecule has 1 aliphatic rings. The first-order valence-corrected chi connectivity index (χ1v) is 10.4. The van der Waals surface area contributed by atoms with E-state index < -0.39 is 28.9 Å². The van der Waals surface area contributed by atoms with Gasteiger partial charge in [0.15, 0.2) is 6.10 Å². The number of amides is 2. The molecule has 0 spiro atoms. The number of benzene rings is 1. The molecule has 164 valence electrons. The lowest BCUT2D eigenvalue weighted by Crippen LogP contribution is -2.43. The fourth-order valence-corrected chi connectivity index (χ4v) is 3.92. The van der Waals surface area contributed by atoms with Crippen molar-refractivity contribution in [2.45, 2.75) is 31.9 Å². The Balaban J connectivity index is 1.65. The third-order valence-corrected chi connectivity index (χ3v) is 5.69. The van der Waals surface area contributed by atoms with E-state index in [1.54, 1.807) is 17.5 Å². The third kappa shape index (κ3) is 5.00. The summed E-state index contributed by atoms with van der Waals surface area (Å²) in [5.41, 5.74) is -0.144. The molecule has 31 heavy (non-hydrogen) atoms. The predicted molar refractivity (Wildman–Crippen MR) is 112 cm³/mol. The van der Waals surface area contributed by atoms with Crippen molar-refractivity contribution < 1.29 is 28.8 Å². The molecule has 2 heterocycles. The van der Waals surface area contributed by atoms with Crippen LogP contribution >= 0.6 is 11.3 Å². The van der Waals surface area contributed by atoms with E-state index in [1.165, 1.54) is 42.4 Å². The number of ether oxygens (including phenoxy) is 2. The van der Waals surface area contributed by atoms with Crippen molar-refractivity contribution in [1.29, 1.82) is 0 Å². The number of hydrogen-bond acceptors (Lipinski definition) is 8. The van der Waals surface area contributed by atoms with Gasteiger partial charge < -0.3 is 19.7 Å². The number of thiophene rings is 1. The van der Waals surface area contributed by atoms with Crippen LogP contribution in [0.25, 0.3) is 0 Å². The smallest absolute Gasteiger partial charge is 0.329 e. The van der Waals surface area contributed by atoms with Gasteiger partial charge >= 0.3 is 5.97 Å². The zero-order chi connectivity index (χ0) is 22.5. The summed E-state index contributed by atoms with van der Waals surface area (Å²) in [6.45, 7) is 1.82. The average molecular weight is 447 g/mol. The van der Waals surface area contributed by atoms with Crippen LogP contribution in [0.2, 0.25) is 0 Å². The highest BCUT2D eigenvalue weighted by molar-refractivity contribution is 7.12. The van der Waals surface area contributed by atoms with Crippen molar-refractivity contribution in [3.05, 3.63) is 50.7 Å². The molecule has 1 saturated heterocycles. The summed E-state index contributed by atoms with van der Waals surface area (Å²) >= 11 is 1.29. The van der Waals surface area contributed by atoms with E-state index in [-0.39, 0.29) is 23.0 Å². The molecular formula is C20H21N3O7S. The van der Waals surface area contributed by atoms with Crippen LogP contribution in [0, 0.1) is 10.1 Å². The SMILES string of the molecule is COc1ccc([N+](=O)[O-])cc1NC(=O)C(C)OC(=O)C1CCCN1C(=O)c1cccs1. The number of hydrogen-bond donors (Lipinski definition) is 1. The number of nitrogens with one attached hydrogen (secondary N) is 1. The van der Waals surface area contributed by atoms with E-state index in [9.17, 15) is 24.5 Å². The van der Waals surface area contributed by atoms with Crippen LogP contribution in [-0.4, -0.2) is 53.4 Å². The number of methoxy groups -OCH3 is 1. The maximum absolute atomic E-state index is 12.7. The largest absolute Gasteiger partial charge is 0.495 e. The van der Waals surface area contributed by atoms with Crippen molar-refractivity contribution in [1.82, 2.24) is 4.90 Å². The predicted octanol–water partition coefficient (Wildman–Crippen LogP) is 2.84. The van der Waals surface area contributed by atoms with E-state index in [0.29, 0.717) is 24.3 Å². The maximum Gasteiger partial charge on any atom is 0.329 e. The Morgan fingerprint density at radius 2 is 2.10 bits per heavy atom. The van der Waals surface area contributed by atoms with Gasteiger partial charge in [-0.25, -0.2) is 4.79 Å². The molecule has 1 aliphatic heterocycles. The molecule has 11 heteroatoms. The molecule has 0 saturated carbocycles. The molecule has 2 unspecified atom stereocenters. The number of nitro benzene ring substituents is 1. The minimum atomic E-state index is -1.18. The summed E-state index contributed by atoms with van der Waals surface area (Å²) < 4.78 is 10.4. The Hall–Kier alpha value is -3.47. The Morgan fingerprint density at radius 1 is 1.32 bits per heavy atom. The second-order valence-corrected chi connectivity index (χ2v) is 7.79. The highest BCUT2D eigenvalue weighted by Gasteiger charge is 2.37. The van der Waals surface area contributed by atoms with Gasteiger partial charge in [0, 0.05) is 18.7 Å². The highest BCUT2D eigenvalue weighted by Crippen LogP contribution is 2.29. The van der Waals surface area contributed by atoms with Crippen molar-refractivity contribution in [3.8, 4) is 5.75 Å². The maximum atomic E-state index is 12.7. The van der Waals surface area contributed by atoms with Gasteiger partial charge in [-0.05, 0) is 37.3 Å². The van der Waals surface area contributed by atoms with E-state index >= 15 is 0 Å². The van der Waals surface area contributed by atoms with Gasteiger partial charge in [-0.2, -0.15) is 0 Å². The molecule has 0 aliphatic carbocycles. The number of carbonyl (C=O) groups is 3. The molecule has 1 fully saturated rings. The first-order chi connectivity index (χ1) is 14.8. The van der Waals surface area contributed by atoms with Crippen LogP contribution in [-0.2, 0) is 14.3 Å². The number of anilines is 1. The summed E-state index contributed by atoms with van der Waals surface area (Å²) in [4.78, 5) is 50.2. The molecule has 1 N–H and O–H groups in total. The topological polar surface area (TPSA) is 128 Å². The Bertz CT molecular complexity index is 993. The molecule has 2 aromatic rings. The lowest BCUT2D eigenvalue weighted by molar-refractivity contribution is -0.384. The van der Waals surface area contributed by atoms with Crippen molar-refractivity contribution in [2.24, 2.45) is 0 Å². The van der Waals surface area contributed by atoms with E-state index in [2.05, 4.69) is 5.32 Å². The van der Waals surface area contributed by atoms with Crippen molar-refractivity contribution >= 4 is 40.5 Å². The summed E-state index contributed by atoms with van der Waals surface area (Å²) in [5.74, 6) is -1.37. The average Bonchev–Trinajstić information content (AvgIpc) is 3.45. The second kappa shape index (κ2) is 9.56. The van der Waals surface area contributed by atoms with Crippen LogP contribution in [0.1, 0.15) is 29.4 Å². The Morgan fingerprint density at radius 3 is 2.74 bits per heavy atom. The molecule has 1 aromatic carbocycles. The Kier molecular flexibility index (Phi) is 6.85. The molecule has 2 amide bonds. The van der Waals surface area contributed by atoms with Gasteiger partial charge in [-0.3, -0.25) is 19.7 Å². The number of rotatable bonds is 7. The number of esters is 1. The van der Waals surface area contributed by atoms with E-state index in [4.69, 9.17) is 9.47 Å². The Labute approximate surface area is 181 Å². The summed E-state index contributed by atoms with van der Waals surface area (Å²) in [5, 5.41) is 15.3. The molecule has 3 rings (SSSR count). The number of carbonyl (C=O) groups excluding carboxylic acids is 3. The summed E-state index contributed by atoms with van der Waals surface area (Å²) in [6, 6.07) is 6.45. The standard InChI is InChI=1S/C20H21N3O7S/c1-12(18(24)21-14-11-13(23(27)28)7-8-16(14)29-2)30-20(26)15-5-3-9-22(15)19(25)17-6-4-10-31-17/h4,6-8,10-12,15H,3,5,9H2,1-2H3,(H,21,24). The van der Waals surface area contributed by atoms with Crippen molar-refractivity contribution in [3.63, 3.8) is 0 Å². The van der Waals surface area contributed by atoms with Crippen LogP contribution in [0.5, 0.6) is 5.75 Å². The van der Waals surface area contributed by atoms with Crippen LogP contribution in [0.15, 0.2) is 35.7 Å². The fourth-order valence-electron chi connectivity index (χ4n) is 3.24. The zero-order valence-electron chi connectivity index (χ0n) is 16.9. The first-order valence-electron chi connectivity index (χ1n) is 9.50. The molecular weight excluding hydrogens is 426 g/mol. The van der Waals surface area contributed by atoms with Gasteiger partial charge in [0.05, 0.1) is 22.6 Å². The van der Waals surface area contributed by atoms with Gasteiger partial charge in [-0.15, -0.1) is 11.3 Å². The molecule has 2 atom stereocenters. The molecule has 0 radical (unpaired) electrons. The highest BCUT2D eigenvalue weighted by atomic mass is 32.1. The lowest BCUT2D eigenvalue weighted by atomic mass is 10.2. The van der Waals surface area contributed by atoms with Gasteiger partial charge in [0.1, 0.15) is 11.8 Å². The van der Waals surface area contributed by atoms with E-state index in [0.717, 1.165) is 6.07 Å². The van der Waals surface area contributed by atoms with Gasteiger partial charge in [0.2, 0.25) is 0 Å². The van der Waals surface area contributed by atoms with Crippen LogP contribution in [0.4, 0.5) is 11.4 Å². The normalized spacial score (nSPS) is 16.5. The van der Waals surface area contributed by atoms with Crippen molar-refractivity contribution in [2.75, 3.05) is 19.0 Å². The zero-order valence-corrected chi connectivity index (χ0v) is 17.7. The minimum Gasteiger partial charge on any atom is -0.495 e. The van der Waals surface area contributed by atoms with Gasteiger partial charge in [-0.1, -0.05) is 6.07 Å². The third-order valence-electron chi connectivity index (χ3n) is 4.83. The second-order valence-electron chi connectivity index (χ2n) is 6.84. The van der Waals surface area contributed by atoms with E-state index in [1.807, 2.05) is 0 Å². The summed E-state index contributed by atoms with van der Waals surface area (Å²) in [7, 11) is 1.36. The van der Waals surface area contributed by atoms with Gasteiger partial charge in [0.25, 0.3) is 17.5 Å². The minimum absolute atomic E-state index is 0.0833. The first kappa shape index (κ1) is 22.2. The van der Waals surface area contributed by atoms with Crippen LogP contribution in [0.3, 0.4) is 0 Å². The number of non-ortho nitro benzene ring substituents is 1. The van der Waals surface area contributed by atoms with Crippen LogP contribution < -0.4 is 10.1 Å². The number of nitro groups is 1. The molecule has 1 aromatic heterocycles. The fraction of sp³-hybridized carbons (Fsp3) is 0.350. The lowest BCUT2D eigenvalue weighted by Gasteiger charge is -2.24. The molecule has 10 nitrogen and oxygen atoms in total. The monoisotopic (exact) mass is 447 g/mol. The number of nitrogens with zero attached hydrogens (tertiary/aromatic N) is 2. The number of likely N-dealkylation sites (tertiary alicyclic amines) is 1. The molecule has 0 bridgehead atoms. The quantitative estimate of drug-likeness (QED) is 0.393. The summed E-state index contributed by atoms with van der Waals surface area (Å²) in [6.07, 6.45) is -0.0820.